The molecular formula is C12H17N3O3. The monoisotopic (exact) mass is 251 g/mol. The summed E-state index contributed by atoms with van der Waals surface area (Å²) in [4.78, 5) is 22.0. The fourth-order valence-electron chi connectivity index (χ4n) is 1.51. The van der Waals surface area contributed by atoms with E-state index in [2.05, 4.69) is 10.4 Å². The lowest BCUT2D eigenvalue weighted by atomic mass is 10.2. The van der Waals surface area contributed by atoms with Gasteiger partial charge in [-0.15, -0.1) is 0 Å². The zero-order valence-electron chi connectivity index (χ0n) is 10.9. The van der Waals surface area contributed by atoms with Crippen LogP contribution in [0.3, 0.4) is 0 Å². The van der Waals surface area contributed by atoms with Crippen LogP contribution in [0.1, 0.15) is 23.9 Å². The highest BCUT2D eigenvalue weighted by Gasteiger charge is 2.12. The van der Waals surface area contributed by atoms with Crippen molar-refractivity contribution in [2.24, 2.45) is 7.05 Å². The molecule has 1 rings (SSSR count). The van der Waals surface area contributed by atoms with Gasteiger partial charge in [0, 0.05) is 24.4 Å². The van der Waals surface area contributed by atoms with Crippen molar-refractivity contribution < 1.29 is 14.7 Å². The summed E-state index contributed by atoms with van der Waals surface area (Å²) in [6.07, 6.45) is 2.96. The molecule has 0 spiro atoms. The first-order valence-corrected chi connectivity index (χ1v) is 5.54. The lowest BCUT2D eigenvalue weighted by Crippen LogP contribution is -2.37. The van der Waals surface area contributed by atoms with E-state index in [4.69, 9.17) is 5.11 Å². The lowest BCUT2D eigenvalue weighted by Gasteiger charge is -2.05. The predicted molar refractivity (Wildman–Crippen MR) is 67.0 cm³/mol. The third kappa shape index (κ3) is 3.19. The van der Waals surface area contributed by atoms with Crippen molar-refractivity contribution in [3.8, 4) is 0 Å². The molecule has 0 aromatic carbocycles. The number of hydrogen-bond donors (Lipinski definition) is 2. The SMILES string of the molecule is Cc1nn(C)c(C)c1C=CC(=O)N[C@H](C)C(=O)O. The van der Waals surface area contributed by atoms with Crippen LogP contribution in [0.15, 0.2) is 6.08 Å². The van der Waals surface area contributed by atoms with E-state index in [0.29, 0.717) is 0 Å². The Balaban J connectivity index is 2.75. The van der Waals surface area contributed by atoms with Gasteiger partial charge in [0.1, 0.15) is 6.04 Å². The first kappa shape index (κ1) is 14.0. The highest BCUT2D eigenvalue weighted by Crippen LogP contribution is 2.13. The van der Waals surface area contributed by atoms with Gasteiger partial charge in [-0.1, -0.05) is 0 Å². The van der Waals surface area contributed by atoms with Crippen molar-refractivity contribution in [3.63, 3.8) is 0 Å². The summed E-state index contributed by atoms with van der Waals surface area (Å²) in [5.74, 6) is -1.50. The van der Waals surface area contributed by atoms with Gasteiger partial charge in [-0.05, 0) is 26.8 Å². The third-order valence-electron chi connectivity index (χ3n) is 2.70. The molecule has 1 heterocycles. The molecule has 6 nitrogen and oxygen atoms in total. The van der Waals surface area contributed by atoms with Crippen molar-refractivity contribution in [1.82, 2.24) is 15.1 Å². The van der Waals surface area contributed by atoms with Gasteiger partial charge in [0.15, 0.2) is 0 Å². The first-order chi connectivity index (χ1) is 8.32. The van der Waals surface area contributed by atoms with E-state index in [0.717, 1.165) is 17.0 Å². The smallest absolute Gasteiger partial charge is 0.325 e. The van der Waals surface area contributed by atoms with Gasteiger partial charge in [-0.2, -0.15) is 5.10 Å². The predicted octanol–water partition coefficient (Wildman–Crippen LogP) is 0.639. The quantitative estimate of drug-likeness (QED) is 0.769. The van der Waals surface area contributed by atoms with Crippen LogP contribution in [-0.4, -0.2) is 32.8 Å². The van der Waals surface area contributed by atoms with Gasteiger partial charge in [0.05, 0.1) is 5.69 Å². The van der Waals surface area contributed by atoms with Crippen LogP contribution >= 0.6 is 0 Å². The number of amides is 1. The molecule has 6 heteroatoms. The molecule has 0 aliphatic rings. The molecule has 0 fully saturated rings. The van der Waals surface area contributed by atoms with Crippen LogP contribution in [-0.2, 0) is 16.6 Å². The van der Waals surface area contributed by atoms with E-state index in [1.54, 1.807) is 10.8 Å². The highest BCUT2D eigenvalue weighted by atomic mass is 16.4. The molecule has 1 atom stereocenters. The minimum Gasteiger partial charge on any atom is -0.480 e. The van der Waals surface area contributed by atoms with Crippen LogP contribution in [0.5, 0.6) is 0 Å². The number of hydrogen-bond acceptors (Lipinski definition) is 3. The number of carbonyl (C=O) groups excluding carboxylic acids is 1. The Morgan fingerprint density at radius 3 is 2.50 bits per heavy atom. The Hall–Kier alpha value is -2.11. The van der Waals surface area contributed by atoms with Gasteiger partial charge < -0.3 is 10.4 Å². The maximum absolute atomic E-state index is 11.5. The number of carboxylic acids is 1. The van der Waals surface area contributed by atoms with Gasteiger partial charge in [-0.25, -0.2) is 0 Å². The van der Waals surface area contributed by atoms with E-state index in [-0.39, 0.29) is 0 Å². The topological polar surface area (TPSA) is 84.2 Å². The van der Waals surface area contributed by atoms with Crippen molar-refractivity contribution in [2.45, 2.75) is 26.8 Å². The van der Waals surface area contributed by atoms with Crippen LogP contribution in [0, 0.1) is 13.8 Å². The maximum Gasteiger partial charge on any atom is 0.325 e. The Morgan fingerprint density at radius 2 is 2.06 bits per heavy atom. The lowest BCUT2D eigenvalue weighted by molar-refractivity contribution is -0.140. The van der Waals surface area contributed by atoms with Crippen molar-refractivity contribution in [1.29, 1.82) is 0 Å². The maximum atomic E-state index is 11.5. The number of rotatable bonds is 4. The molecule has 0 unspecified atom stereocenters. The van der Waals surface area contributed by atoms with E-state index in [9.17, 15) is 9.59 Å². The zero-order chi connectivity index (χ0) is 13.9. The summed E-state index contributed by atoms with van der Waals surface area (Å²) in [6, 6.07) is -0.904. The number of carbonyl (C=O) groups is 2. The molecule has 0 saturated heterocycles. The molecule has 0 bridgehead atoms. The van der Waals surface area contributed by atoms with Crippen molar-refractivity contribution in [2.75, 3.05) is 0 Å². The number of aromatic nitrogens is 2. The molecule has 1 aromatic rings. The van der Waals surface area contributed by atoms with Crippen molar-refractivity contribution >= 4 is 18.0 Å². The summed E-state index contributed by atoms with van der Waals surface area (Å²) in [7, 11) is 1.83. The van der Waals surface area contributed by atoms with E-state index in [1.165, 1.54) is 13.0 Å². The van der Waals surface area contributed by atoms with Crippen molar-refractivity contribution in [3.05, 3.63) is 23.0 Å². The summed E-state index contributed by atoms with van der Waals surface area (Å²) in [5, 5.41) is 15.2. The van der Waals surface area contributed by atoms with Gasteiger partial charge >= 0.3 is 5.97 Å². The van der Waals surface area contributed by atoms with Gasteiger partial charge in [0.25, 0.3) is 0 Å². The molecule has 2 N–H and O–H groups in total. The second-order valence-electron chi connectivity index (χ2n) is 4.11. The normalized spacial score (nSPS) is 12.7. The first-order valence-electron chi connectivity index (χ1n) is 5.54. The van der Waals surface area contributed by atoms with Gasteiger partial charge in [0.2, 0.25) is 5.91 Å². The van der Waals surface area contributed by atoms with Gasteiger partial charge in [-0.3, -0.25) is 14.3 Å². The summed E-state index contributed by atoms with van der Waals surface area (Å²) in [6.45, 7) is 5.16. The number of nitrogens with one attached hydrogen (secondary N) is 1. The average molecular weight is 251 g/mol. The van der Waals surface area contributed by atoms with Crippen LogP contribution in [0.4, 0.5) is 0 Å². The van der Waals surface area contributed by atoms with E-state index in [1.807, 2.05) is 20.9 Å². The summed E-state index contributed by atoms with van der Waals surface area (Å²) >= 11 is 0. The standard InChI is InChI=1S/C12H17N3O3/c1-7-10(9(3)15(4)14-7)5-6-11(16)13-8(2)12(17)18/h5-6,8H,1-4H3,(H,13,16)(H,17,18)/t8-/m1/s1. The molecule has 1 amide bonds. The molecule has 0 aliphatic carbocycles. The Morgan fingerprint density at radius 1 is 1.44 bits per heavy atom. The largest absolute Gasteiger partial charge is 0.480 e. The number of aliphatic carboxylic acids is 1. The Labute approximate surface area is 105 Å². The van der Waals surface area contributed by atoms with E-state index < -0.39 is 17.9 Å². The van der Waals surface area contributed by atoms with Crippen LogP contribution in [0.2, 0.25) is 0 Å². The van der Waals surface area contributed by atoms with E-state index >= 15 is 0 Å². The minimum atomic E-state index is -1.06. The fourth-order valence-corrected chi connectivity index (χ4v) is 1.51. The van der Waals surface area contributed by atoms with Crippen LogP contribution < -0.4 is 5.32 Å². The molecular weight excluding hydrogens is 234 g/mol. The number of aryl methyl sites for hydroxylation is 2. The fraction of sp³-hybridized carbons (Fsp3) is 0.417. The molecule has 1 aromatic heterocycles. The molecule has 98 valence electrons. The number of carboxylic acid groups (broad SMARTS) is 1. The average Bonchev–Trinajstić information content (AvgIpc) is 2.51. The second kappa shape index (κ2) is 5.48. The zero-order valence-corrected chi connectivity index (χ0v) is 10.9. The summed E-state index contributed by atoms with van der Waals surface area (Å²) < 4.78 is 1.73. The molecule has 0 saturated carbocycles. The second-order valence-corrected chi connectivity index (χ2v) is 4.11. The Bertz CT molecular complexity index is 503. The molecule has 18 heavy (non-hydrogen) atoms. The number of nitrogens with zero attached hydrogens (tertiary/aromatic N) is 2. The molecule has 0 radical (unpaired) electrons. The van der Waals surface area contributed by atoms with Crippen LogP contribution in [0.25, 0.3) is 6.08 Å². The Kier molecular flexibility index (Phi) is 4.25. The third-order valence-corrected chi connectivity index (χ3v) is 2.70. The highest BCUT2D eigenvalue weighted by molar-refractivity contribution is 5.94. The minimum absolute atomic E-state index is 0.437. The molecule has 0 aliphatic heterocycles. The summed E-state index contributed by atoms with van der Waals surface area (Å²) in [5.41, 5.74) is 2.64.